The highest BCUT2D eigenvalue weighted by atomic mass is 32.2. The lowest BCUT2D eigenvalue weighted by Crippen LogP contribution is -2.31. The predicted octanol–water partition coefficient (Wildman–Crippen LogP) is 3.47. The lowest BCUT2D eigenvalue weighted by atomic mass is 10.1. The average Bonchev–Trinajstić information content (AvgIpc) is 2.68. The number of carbonyl (C=O) groups excluding carboxylic acids is 2. The van der Waals surface area contributed by atoms with Crippen LogP contribution in [0, 0.1) is 6.92 Å². The van der Waals surface area contributed by atoms with E-state index >= 15 is 0 Å². The molecule has 0 fully saturated rings. The van der Waals surface area contributed by atoms with Crippen LogP contribution < -0.4 is 10.6 Å². The summed E-state index contributed by atoms with van der Waals surface area (Å²) in [5, 5.41) is 5.63. The first-order chi connectivity index (χ1) is 14.1. The molecule has 1 unspecified atom stereocenters. The van der Waals surface area contributed by atoms with Crippen LogP contribution in [0.25, 0.3) is 0 Å². The molecule has 8 heteroatoms. The Labute approximate surface area is 178 Å². The van der Waals surface area contributed by atoms with Gasteiger partial charge in [0.05, 0.1) is 10.9 Å². The second-order valence-electron chi connectivity index (χ2n) is 7.07. The lowest BCUT2D eigenvalue weighted by molar-refractivity contribution is -0.114. The fraction of sp³-hybridized carbons (Fsp3) is 0.364. The topological polar surface area (TPSA) is 95.6 Å². The van der Waals surface area contributed by atoms with Gasteiger partial charge in [-0.2, -0.15) is 4.31 Å². The van der Waals surface area contributed by atoms with Gasteiger partial charge in [-0.3, -0.25) is 9.59 Å². The van der Waals surface area contributed by atoms with Crippen molar-refractivity contribution in [1.29, 1.82) is 0 Å². The summed E-state index contributed by atoms with van der Waals surface area (Å²) in [6, 6.07) is 11.5. The number of hydrogen-bond acceptors (Lipinski definition) is 4. The molecule has 0 spiro atoms. The summed E-state index contributed by atoms with van der Waals surface area (Å²) in [5.41, 5.74) is 2.46. The van der Waals surface area contributed by atoms with E-state index in [1.165, 1.54) is 23.4 Å². The number of aryl methyl sites for hydroxylation is 1. The zero-order valence-electron chi connectivity index (χ0n) is 18.0. The number of sulfonamides is 1. The fourth-order valence-corrected chi connectivity index (χ4v) is 4.65. The van der Waals surface area contributed by atoms with E-state index in [0.717, 1.165) is 5.56 Å². The van der Waals surface area contributed by atoms with Gasteiger partial charge in [0.2, 0.25) is 15.9 Å². The van der Waals surface area contributed by atoms with Gasteiger partial charge in [-0.1, -0.05) is 32.0 Å². The Balaban J connectivity index is 2.28. The highest BCUT2D eigenvalue weighted by molar-refractivity contribution is 7.89. The van der Waals surface area contributed by atoms with Gasteiger partial charge in [-0.05, 0) is 49.2 Å². The molecule has 2 rings (SSSR count). The van der Waals surface area contributed by atoms with E-state index in [-0.39, 0.29) is 22.8 Å². The monoisotopic (exact) mass is 431 g/mol. The van der Waals surface area contributed by atoms with E-state index in [1.807, 2.05) is 13.0 Å². The molecule has 0 aliphatic carbocycles. The molecule has 0 aliphatic rings. The number of nitrogens with one attached hydrogen (secondary N) is 2. The summed E-state index contributed by atoms with van der Waals surface area (Å²) >= 11 is 0. The Morgan fingerprint density at radius 1 is 1.07 bits per heavy atom. The third-order valence-electron chi connectivity index (χ3n) is 4.85. The molecule has 0 bridgehead atoms. The summed E-state index contributed by atoms with van der Waals surface area (Å²) < 4.78 is 27.0. The number of amides is 2. The predicted molar refractivity (Wildman–Crippen MR) is 118 cm³/mol. The van der Waals surface area contributed by atoms with Crippen molar-refractivity contribution in [2.24, 2.45) is 0 Å². The van der Waals surface area contributed by atoms with Crippen LogP contribution in [0.5, 0.6) is 0 Å². The van der Waals surface area contributed by atoms with Gasteiger partial charge in [-0.15, -0.1) is 0 Å². The molecule has 7 nitrogen and oxygen atoms in total. The van der Waals surface area contributed by atoms with Gasteiger partial charge < -0.3 is 10.6 Å². The van der Waals surface area contributed by atoms with Crippen LogP contribution in [0.2, 0.25) is 0 Å². The van der Waals surface area contributed by atoms with Gasteiger partial charge in [0, 0.05) is 31.3 Å². The molecule has 0 aliphatic heterocycles. The molecule has 0 radical (unpaired) electrons. The van der Waals surface area contributed by atoms with Crippen molar-refractivity contribution in [2.75, 3.05) is 18.4 Å². The summed E-state index contributed by atoms with van der Waals surface area (Å²) in [7, 11) is -3.66. The SMILES string of the molecule is CCN(CC)S(=O)(=O)c1ccc(C)c(C(=O)NC(C)c2cccc(NC(C)=O)c2)c1. The second kappa shape index (κ2) is 9.86. The normalized spacial score (nSPS) is 12.5. The van der Waals surface area contributed by atoms with Gasteiger partial charge in [0.25, 0.3) is 5.91 Å². The number of carbonyl (C=O) groups is 2. The summed E-state index contributed by atoms with van der Waals surface area (Å²) in [6.07, 6.45) is 0. The van der Waals surface area contributed by atoms with Crippen LogP contribution in [0.15, 0.2) is 47.4 Å². The molecule has 2 aromatic carbocycles. The third kappa shape index (κ3) is 5.46. The first-order valence-corrected chi connectivity index (χ1v) is 11.3. The van der Waals surface area contributed by atoms with E-state index in [0.29, 0.717) is 29.9 Å². The van der Waals surface area contributed by atoms with Crippen LogP contribution in [0.1, 0.15) is 55.2 Å². The van der Waals surface area contributed by atoms with E-state index in [1.54, 1.807) is 45.0 Å². The van der Waals surface area contributed by atoms with E-state index in [4.69, 9.17) is 0 Å². The molecule has 0 saturated heterocycles. The molecule has 2 aromatic rings. The fourth-order valence-electron chi connectivity index (χ4n) is 3.17. The first kappa shape index (κ1) is 23.6. The van der Waals surface area contributed by atoms with E-state index in [9.17, 15) is 18.0 Å². The minimum Gasteiger partial charge on any atom is -0.346 e. The lowest BCUT2D eigenvalue weighted by Gasteiger charge is -2.20. The smallest absolute Gasteiger partial charge is 0.252 e. The standard InChI is InChI=1S/C22H29N3O4S/c1-6-25(7-2)30(28,29)20-12-11-15(3)21(14-20)22(27)23-16(4)18-9-8-10-19(13-18)24-17(5)26/h8-14,16H,6-7H2,1-5H3,(H,23,27)(H,24,26). The number of benzene rings is 2. The number of anilines is 1. The maximum atomic E-state index is 12.9. The van der Waals surface area contributed by atoms with Gasteiger partial charge >= 0.3 is 0 Å². The molecule has 1 atom stereocenters. The highest BCUT2D eigenvalue weighted by Crippen LogP contribution is 2.22. The maximum absolute atomic E-state index is 12.9. The summed E-state index contributed by atoms with van der Waals surface area (Å²) in [4.78, 5) is 24.3. The molecule has 0 aromatic heterocycles. The Bertz CT molecular complexity index is 1030. The number of hydrogen-bond donors (Lipinski definition) is 2. The van der Waals surface area contributed by atoms with Gasteiger partial charge in [-0.25, -0.2) is 8.42 Å². The first-order valence-electron chi connectivity index (χ1n) is 9.89. The average molecular weight is 432 g/mol. The Kier molecular flexibility index (Phi) is 7.75. The molecular weight excluding hydrogens is 402 g/mol. The zero-order chi connectivity index (χ0) is 22.5. The minimum atomic E-state index is -3.66. The van der Waals surface area contributed by atoms with Crippen LogP contribution >= 0.6 is 0 Å². The zero-order valence-corrected chi connectivity index (χ0v) is 18.8. The Hall–Kier alpha value is -2.71. The Morgan fingerprint density at radius 2 is 1.73 bits per heavy atom. The van der Waals surface area contributed by atoms with Crippen molar-refractivity contribution in [2.45, 2.75) is 45.6 Å². The molecule has 0 saturated carbocycles. The number of rotatable bonds is 8. The second-order valence-corrected chi connectivity index (χ2v) is 9.01. The van der Waals surface area contributed by atoms with Crippen molar-refractivity contribution in [1.82, 2.24) is 9.62 Å². The van der Waals surface area contributed by atoms with Crippen molar-refractivity contribution in [3.05, 3.63) is 59.2 Å². The molecular formula is C22H29N3O4S. The molecule has 2 N–H and O–H groups in total. The Morgan fingerprint density at radius 3 is 2.33 bits per heavy atom. The minimum absolute atomic E-state index is 0.0993. The van der Waals surface area contributed by atoms with E-state index < -0.39 is 10.0 Å². The molecule has 0 heterocycles. The summed E-state index contributed by atoms with van der Waals surface area (Å²) in [6.45, 7) is 9.30. The number of nitrogens with zero attached hydrogens (tertiary/aromatic N) is 1. The molecule has 30 heavy (non-hydrogen) atoms. The van der Waals surface area contributed by atoms with Gasteiger partial charge in [0.15, 0.2) is 0 Å². The van der Waals surface area contributed by atoms with Crippen LogP contribution in [-0.2, 0) is 14.8 Å². The maximum Gasteiger partial charge on any atom is 0.252 e. The third-order valence-corrected chi connectivity index (χ3v) is 6.90. The largest absolute Gasteiger partial charge is 0.346 e. The van der Waals surface area contributed by atoms with E-state index in [2.05, 4.69) is 10.6 Å². The van der Waals surface area contributed by atoms with Crippen LogP contribution in [0.4, 0.5) is 5.69 Å². The van der Waals surface area contributed by atoms with Crippen LogP contribution in [0.3, 0.4) is 0 Å². The quantitative estimate of drug-likeness (QED) is 0.669. The van der Waals surface area contributed by atoms with Crippen molar-refractivity contribution in [3.8, 4) is 0 Å². The molecule has 162 valence electrons. The highest BCUT2D eigenvalue weighted by Gasteiger charge is 2.24. The van der Waals surface area contributed by atoms with Crippen molar-refractivity contribution in [3.63, 3.8) is 0 Å². The van der Waals surface area contributed by atoms with Crippen molar-refractivity contribution >= 4 is 27.5 Å². The summed E-state index contributed by atoms with van der Waals surface area (Å²) in [5.74, 6) is -0.535. The van der Waals surface area contributed by atoms with Gasteiger partial charge in [0.1, 0.15) is 0 Å². The van der Waals surface area contributed by atoms with Crippen LogP contribution in [-0.4, -0.2) is 37.6 Å². The van der Waals surface area contributed by atoms with Crippen molar-refractivity contribution < 1.29 is 18.0 Å². The molecule has 2 amide bonds.